The average Bonchev–Trinajstić information content (AvgIpc) is 2.26. The van der Waals surface area contributed by atoms with Crippen molar-refractivity contribution in [1.82, 2.24) is 5.32 Å². The lowest BCUT2D eigenvalue weighted by Gasteiger charge is -2.24. The molecule has 0 spiro atoms. The van der Waals surface area contributed by atoms with E-state index in [2.05, 4.69) is 52.1 Å². The van der Waals surface area contributed by atoms with Gasteiger partial charge in [0.05, 0.1) is 0 Å². The van der Waals surface area contributed by atoms with Crippen LogP contribution < -0.4 is 11.1 Å². The van der Waals surface area contributed by atoms with Gasteiger partial charge in [0, 0.05) is 19.5 Å². The van der Waals surface area contributed by atoms with Gasteiger partial charge in [0.2, 0.25) is 5.91 Å². The largest absolute Gasteiger partial charge is 0.359 e. The monoisotopic (exact) mass is 262 g/mol. The maximum Gasteiger partial charge on any atom is 0.221 e. The van der Waals surface area contributed by atoms with Crippen LogP contribution >= 0.6 is 0 Å². The lowest BCUT2D eigenvalue weighted by atomic mass is 9.82. The van der Waals surface area contributed by atoms with E-state index >= 15 is 0 Å². The highest BCUT2D eigenvalue weighted by Gasteiger charge is 2.20. The molecule has 0 saturated heterocycles. The SMILES string of the molecule is CNC(=O)CC(N)c1c(C)cc(C(C)(C)C)cc1C. The third-order valence-electron chi connectivity index (χ3n) is 3.51. The van der Waals surface area contributed by atoms with Crippen LogP contribution in [0, 0.1) is 13.8 Å². The van der Waals surface area contributed by atoms with Crippen molar-refractivity contribution in [2.75, 3.05) is 7.05 Å². The Morgan fingerprint density at radius 3 is 2.11 bits per heavy atom. The number of amides is 1. The van der Waals surface area contributed by atoms with E-state index in [4.69, 9.17) is 5.73 Å². The molecule has 3 heteroatoms. The standard InChI is InChI=1S/C16H26N2O/c1-10-7-12(16(3,4)5)8-11(2)15(10)13(17)9-14(19)18-6/h7-8,13H,9,17H2,1-6H3,(H,18,19). The number of nitrogens with one attached hydrogen (secondary N) is 1. The van der Waals surface area contributed by atoms with Crippen molar-refractivity contribution >= 4 is 5.91 Å². The molecule has 0 fully saturated rings. The summed E-state index contributed by atoms with van der Waals surface area (Å²) in [5, 5.41) is 2.62. The van der Waals surface area contributed by atoms with E-state index < -0.39 is 0 Å². The summed E-state index contributed by atoms with van der Waals surface area (Å²) < 4.78 is 0. The van der Waals surface area contributed by atoms with Gasteiger partial charge in [0.15, 0.2) is 0 Å². The van der Waals surface area contributed by atoms with Crippen LogP contribution in [0.15, 0.2) is 12.1 Å². The number of carbonyl (C=O) groups is 1. The van der Waals surface area contributed by atoms with Crippen LogP contribution in [0.1, 0.15) is 55.5 Å². The molecule has 0 aliphatic rings. The first-order valence-corrected chi connectivity index (χ1v) is 6.74. The number of aryl methyl sites for hydroxylation is 2. The molecule has 0 saturated carbocycles. The summed E-state index contributed by atoms with van der Waals surface area (Å²) >= 11 is 0. The molecule has 1 aromatic carbocycles. The first-order valence-electron chi connectivity index (χ1n) is 6.74. The number of carbonyl (C=O) groups excluding carboxylic acids is 1. The average molecular weight is 262 g/mol. The molecule has 1 atom stereocenters. The fourth-order valence-corrected chi connectivity index (χ4v) is 2.40. The lowest BCUT2D eigenvalue weighted by molar-refractivity contribution is -0.120. The van der Waals surface area contributed by atoms with Gasteiger partial charge in [-0.2, -0.15) is 0 Å². The topological polar surface area (TPSA) is 55.1 Å². The third kappa shape index (κ3) is 3.80. The van der Waals surface area contributed by atoms with E-state index in [1.54, 1.807) is 7.05 Å². The molecule has 1 amide bonds. The zero-order valence-corrected chi connectivity index (χ0v) is 12.9. The van der Waals surface area contributed by atoms with E-state index in [1.807, 2.05) is 0 Å². The Morgan fingerprint density at radius 1 is 1.26 bits per heavy atom. The second kappa shape index (κ2) is 5.74. The summed E-state index contributed by atoms with van der Waals surface area (Å²) in [6.07, 6.45) is 0.326. The number of benzene rings is 1. The zero-order valence-electron chi connectivity index (χ0n) is 12.9. The number of hydrogen-bond donors (Lipinski definition) is 2. The van der Waals surface area contributed by atoms with Gasteiger partial charge in [-0.1, -0.05) is 32.9 Å². The summed E-state index contributed by atoms with van der Waals surface area (Å²) in [4.78, 5) is 11.5. The van der Waals surface area contributed by atoms with Crippen molar-refractivity contribution in [3.63, 3.8) is 0 Å². The zero-order chi connectivity index (χ0) is 14.8. The smallest absolute Gasteiger partial charge is 0.221 e. The molecule has 0 bridgehead atoms. The Morgan fingerprint density at radius 2 is 1.74 bits per heavy atom. The fraction of sp³-hybridized carbons (Fsp3) is 0.562. The van der Waals surface area contributed by atoms with Gasteiger partial charge in [0.25, 0.3) is 0 Å². The number of rotatable bonds is 3. The highest BCUT2D eigenvalue weighted by molar-refractivity contribution is 5.76. The highest BCUT2D eigenvalue weighted by atomic mass is 16.1. The summed E-state index contributed by atoms with van der Waals surface area (Å²) in [6, 6.07) is 4.13. The molecular weight excluding hydrogens is 236 g/mol. The molecule has 0 aliphatic carbocycles. The fourth-order valence-electron chi connectivity index (χ4n) is 2.40. The van der Waals surface area contributed by atoms with Crippen molar-refractivity contribution < 1.29 is 4.79 Å². The van der Waals surface area contributed by atoms with Gasteiger partial charge in [-0.15, -0.1) is 0 Å². The van der Waals surface area contributed by atoms with Gasteiger partial charge in [-0.25, -0.2) is 0 Å². The van der Waals surface area contributed by atoms with Gasteiger partial charge in [0.1, 0.15) is 0 Å². The maximum absolute atomic E-state index is 11.5. The Kier molecular flexibility index (Phi) is 4.75. The number of hydrogen-bond acceptors (Lipinski definition) is 2. The molecule has 0 aliphatic heterocycles. The molecule has 0 aromatic heterocycles. The third-order valence-corrected chi connectivity index (χ3v) is 3.51. The van der Waals surface area contributed by atoms with Crippen molar-refractivity contribution in [3.8, 4) is 0 Å². The Labute approximate surface area is 116 Å². The van der Waals surface area contributed by atoms with Gasteiger partial charge in [-0.05, 0) is 41.5 Å². The van der Waals surface area contributed by atoms with Gasteiger partial charge < -0.3 is 11.1 Å². The molecule has 0 heterocycles. The molecular formula is C16H26N2O. The summed E-state index contributed by atoms with van der Waals surface area (Å²) in [7, 11) is 1.64. The van der Waals surface area contributed by atoms with E-state index in [0.717, 1.165) is 5.56 Å². The molecule has 1 rings (SSSR count). The first kappa shape index (κ1) is 15.7. The van der Waals surface area contributed by atoms with E-state index in [9.17, 15) is 4.79 Å². The van der Waals surface area contributed by atoms with Crippen LogP contribution in [0.2, 0.25) is 0 Å². The molecule has 1 unspecified atom stereocenters. The Bertz CT molecular complexity index is 449. The van der Waals surface area contributed by atoms with Crippen LogP contribution in [-0.4, -0.2) is 13.0 Å². The Hall–Kier alpha value is -1.35. The molecule has 3 N–H and O–H groups in total. The molecule has 19 heavy (non-hydrogen) atoms. The van der Waals surface area contributed by atoms with E-state index in [0.29, 0.717) is 6.42 Å². The van der Waals surface area contributed by atoms with Crippen molar-refractivity contribution in [1.29, 1.82) is 0 Å². The molecule has 106 valence electrons. The Balaban J connectivity index is 3.13. The molecule has 1 aromatic rings. The van der Waals surface area contributed by atoms with Crippen LogP contribution in [-0.2, 0) is 10.2 Å². The first-order chi connectivity index (χ1) is 8.66. The van der Waals surface area contributed by atoms with Crippen molar-refractivity contribution in [2.24, 2.45) is 5.73 Å². The van der Waals surface area contributed by atoms with Gasteiger partial charge in [-0.3, -0.25) is 4.79 Å². The van der Waals surface area contributed by atoms with E-state index in [-0.39, 0.29) is 17.4 Å². The van der Waals surface area contributed by atoms with Gasteiger partial charge >= 0.3 is 0 Å². The van der Waals surface area contributed by atoms with Crippen LogP contribution in [0.25, 0.3) is 0 Å². The summed E-state index contributed by atoms with van der Waals surface area (Å²) in [5.41, 5.74) is 11.0. The lowest BCUT2D eigenvalue weighted by Crippen LogP contribution is -2.25. The quantitative estimate of drug-likeness (QED) is 0.880. The molecule has 3 nitrogen and oxygen atoms in total. The highest BCUT2D eigenvalue weighted by Crippen LogP contribution is 2.30. The van der Waals surface area contributed by atoms with Crippen LogP contribution in [0.5, 0.6) is 0 Å². The minimum atomic E-state index is -0.242. The number of nitrogens with two attached hydrogens (primary N) is 1. The predicted molar refractivity (Wildman–Crippen MR) is 80.2 cm³/mol. The summed E-state index contributed by atoms with van der Waals surface area (Å²) in [6.45, 7) is 10.7. The minimum absolute atomic E-state index is 0.0220. The summed E-state index contributed by atoms with van der Waals surface area (Å²) in [5.74, 6) is -0.0220. The normalized spacial score (nSPS) is 13.2. The van der Waals surface area contributed by atoms with Crippen molar-refractivity contribution in [2.45, 2.75) is 52.5 Å². The van der Waals surface area contributed by atoms with E-state index in [1.165, 1.54) is 16.7 Å². The maximum atomic E-state index is 11.5. The van der Waals surface area contributed by atoms with Crippen LogP contribution in [0.4, 0.5) is 0 Å². The minimum Gasteiger partial charge on any atom is -0.359 e. The predicted octanol–water partition coefficient (Wildman–Crippen LogP) is 2.74. The second-order valence-electron chi connectivity index (χ2n) is 6.26. The van der Waals surface area contributed by atoms with Crippen molar-refractivity contribution in [3.05, 3.63) is 34.4 Å². The second-order valence-corrected chi connectivity index (χ2v) is 6.26. The van der Waals surface area contributed by atoms with Crippen LogP contribution in [0.3, 0.4) is 0 Å². The molecule has 0 radical (unpaired) electrons.